The van der Waals surface area contributed by atoms with Gasteiger partial charge in [-0.15, -0.1) is 0 Å². The lowest BCUT2D eigenvalue weighted by Crippen LogP contribution is -2.42. The zero-order valence-electron chi connectivity index (χ0n) is 13.0. The van der Waals surface area contributed by atoms with Crippen molar-refractivity contribution in [3.63, 3.8) is 0 Å². The molecule has 1 aliphatic heterocycles. The summed E-state index contributed by atoms with van der Waals surface area (Å²) in [5.41, 5.74) is 5.96. The summed E-state index contributed by atoms with van der Waals surface area (Å²) in [6, 6.07) is 2.16. The molecule has 0 unspecified atom stereocenters. The average Bonchev–Trinajstić information content (AvgIpc) is 2.47. The Hall–Kier alpha value is -2.36. The maximum Gasteiger partial charge on any atom is 0.224 e. The first kappa shape index (κ1) is 16.0. The van der Waals surface area contributed by atoms with Crippen LogP contribution < -0.4 is 11.1 Å². The first-order valence-corrected chi connectivity index (χ1v) is 7.56. The number of rotatable bonds is 4. The quantitative estimate of drug-likeness (QED) is 0.870. The fourth-order valence-corrected chi connectivity index (χ4v) is 2.48. The number of nitrogens with one attached hydrogen (secondary N) is 1. The van der Waals surface area contributed by atoms with Crippen LogP contribution >= 0.6 is 0 Å². The predicted octanol–water partition coefficient (Wildman–Crippen LogP) is 1.38. The van der Waals surface area contributed by atoms with Crippen molar-refractivity contribution in [1.29, 1.82) is 5.26 Å². The fraction of sp³-hybridized carbons (Fsp3) is 0.600. The van der Waals surface area contributed by atoms with Gasteiger partial charge >= 0.3 is 0 Å². The Bertz CT molecular complexity index is 572. The average molecular weight is 302 g/mol. The van der Waals surface area contributed by atoms with Crippen LogP contribution in [0.5, 0.6) is 0 Å². The number of hydrogen-bond acceptors (Lipinski definition) is 6. The molecular weight excluding hydrogens is 280 g/mol. The number of nitrogens with zero attached hydrogens (tertiary/aromatic N) is 4. The Morgan fingerprint density at radius 2 is 2.23 bits per heavy atom. The molecule has 0 aliphatic carbocycles. The topological polar surface area (TPSA) is 108 Å². The number of carbonyl (C=O) groups is 1. The molecule has 118 valence electrons. The van der Waals surface area contributed by atoms with Gasteiger partial charge in [0.2, 0.25) is 11.9 Å². The lowest BCUT2D eigenvalue weighted by Gasteiger charge is -2.32. The van der Waals surface area contributed by atoms with Crippen LogP contribution in [0.2, 0.25) is 0 Å². The predicted molar refractivity (Wildman–Crippen MR) is 83.8 cm³/mol. The Labute approximate surface area is 130 Å². The summed E-state index contributed by atoms with van der Waals surface area (Å²) in [7, 11) is 0. The first-order valence-electron chi connectivity index (χ1n) is 7.56. The van der Waals surface area contributed by atoms with Gasteiger partial charge in [-0.3, -0.25) is 4.79 Å². The summed E-state index contributed by atoms with van der Waals surface area (Å²) in [5.74, 6) is 1.23. The molecule has 3 N–H and O–H groups in total. The number of nitrogen functional groups attached to an aromatic ring is 1. The molecule has 1 amide bonds. The molecule has 7 heteroatoms. The molecule has 1 aromatic heterocycles. The molecule has 0 radical (unpaired) electrons. The number of carbonyl (C=O) groups excluding carboxylic acids is 1. The summed E-state index contributed by atoms with van der Waals surface area (Å²) < 4.78 is 0. The summed E-state index contributed by atoms with van der Waals surface area (Å²) in [6.07, 6.45) is 3.74. The van der Waals surface area contributed by atoms with E-state index in [2.05, 4.69) is 29.1 Å². The van der Waals surface area contributed by atoms with E-state index in [1.807, 2.05) is 11.0 Å². The van der Waals surface area contributed by atoms with E-state index in [1.165, 1.54) is 6.20 Å². The highest BCUT2D eigenvalue weighted by atomic mass is 16.2. The molecule has 7 nitrogen and oxygen atoms in total. The van der Waals surface area contributed by atoms with Crippen molar-refractivity contribution in [2.45, 2.75) is 39.2 Å². The zero-order chi connectivity index (χ0) is 16.1. The van der Waals surface area contributed by atoms with Gasteiger partial charge in [0.25, 0.3) is 0 Å². The number of hydrogen-bond donors (Lipinski definition) is 2. The van der Waals surface area contributed by atoms with Crippen molar-refractivity contribution in [1.82, 2.24) is 14.9 Å². The third-order valence-electron chi connectivity index (χ3n) is 3.70. The molecule has 1 aliphatic rings. The number of amides is 1. The van der Waals surface area contributed by atoms with Gasteiger partial charge in [0.1, 0.15) is 17.5 Å². The molecule has 0 saturated carbocycles. The first-order chi connectivity index (χ1) is 10.5. The number of aromatic nitrogens is 2. The van der Waals surface area contributed by atoms with Crippen LogP contribution in [0.3, 0.4) is 0 Å². The van der Waals surface area contributed by atoms with E-state index < -0.39 is 0 Å². The van der Waals surface area contributed by atoms with Crippen LogP contribution in [0.25, 0.3) is 0 Å². The van der Waals surface area contributed by atoms with Gasteiger partial charge < -0.3 is 16.0 Å². The molecule has 2 heterocycles. The standard InChI is InChI=1S/C15H22N6O/c1-10(2)7-13(22)21-5-3-12(4-6-21)19-15-18-9-11(8-16)14(17)20-15/h9-10,12H,3-7H2,1-2H3,(H3,17,18,19,20). The molecule has 2 rings (SSSR count). The lowest BCUT2D eigenvalue weighted by atomic mass is 10.0. The van der Waals surface area contributed by atoms with Crippen LogP contribution in [-0.4, -0.2) is 39.9 Å². The van der Waals surface area contributed by atoms with Crippen molar-refractivity contribution < 1.29 is 4.79 Å². The Balaban J connectivity index is 1.86. The Morgan fingerprint density at radius 3 is 2.77 bits per heavy atom. The van der Waals surface area contributed by atoms with Gasteiger partial charge in [0.15, 0.2) is 0 Å². The molecule has 0 aromatic carbocycles. The van der Waals surface area contributed by atoms with Crippen LogP contribution in [0.1, 0.15) is 38.7 Å². The molecule has 22 heavy (non-hydrogen) atoms. The van der Waals surface area contributed by atoms with E-state index in [1.54, 1.807) is 0 Å². The van der Waals surface area contributed by atoms with Crippen LogP contribution in [0.15, 0.2) is 6.20 Å². The van der Waals surface area contributed by atoms with Crippen molar-refractivity contribution >= 4 is 17.7 Å². The molecule has 1 saturated heterocycles. The monoisotopic (exact) mass is 302 g/mol. The second kappa shape index (κ2) is 7.07. The van der Waals surface area contributed by atoms with Gasteiger partial charge in [-0.1, -0.05) is 13.8 Å². The van der Waals surface area contributed by atoms with Crippen molar-refractivity contribution in [2.75, 3.05) is 24.1 Å². The van der Waals surface area contributed by atoms with Crippen LogP contribution in [0.4, 0.5) is 11.8 Å². The van der Waals surface area contributed by atoms with Crippen molar-refractivity contribution in [2.24, 2.45) is 5.92 Å². The second-order valence-electron chi connectivity index (χ2n) is 6.00. The maximum atomic E-state index is 12.0. The minimum Gasteiger partial charge on any atom is -0.382 e. The van der Waals surface area contributed by atoms with E-state index in [0.29, 0.717) is 18.3 Å². The van der Waals surface area contributed by atoms with E-state index in [0.717, 1.165) is 25.9 Å². The van der Waals surface area contributed by atoms with E-state index in [-0.39, 0.29) is 23.3 Å². The summed E-state index contributed by atoms with van der Waals surface area (Å²) >= 11 is 0. The van der Waals surface area contributed by atoms with Gasteiger partial charge in [-0.05, 0) is 18.8 Å². The van der Waals surface area contributed by atoms with Gasteiger partial charge in [0, 0.05) is 25.6 Å². The van der Waals surface area contributed by atoms with E-state index in [9.17, 15) is 4.79 Å². The lowest BCUT2D eigenvalue weighted by molar-refractivity contribution is -0.132. The smallest absolute Gasteiger partial charge is 0.224 e. The van der Waals surface area contributed by atoms with E-state index >= 15 is 0 Å². The molecular formula is C15H22N6O. The molecule has 1 fully saturated rings. The summed E-state index contributed by atoms with van der Waals surface area (Å²) in [4.78, 5) is 22.1. The van der Waals surface area contributed by atoms with Crippen LogP contribution in [0, 0.1) is 17.2 Å². The minimum atomic E-state index is 0.185. The minimum absolute atomic E-state index is 0.185. The zero-order valence-corrected chi connectivity index (χ0v) is 13.0. The molecule has 0 atom stereocenters. The van der Waals surface area contributed by atoms with Crippen LogP contribution in [-0.2, 0) is 4.79 Å². The normalized spacial score (nSPS) is 15.6. The Kier molecular flexibility index (Phi) is 5.15. The number of nitriles is 1. The van der Waals surface area contributed by atoms with Gasteiger partial charge in [-0.25, -0.2) is 4.98 Å². The van der Waals surface area contributed by atoms with E-state index in [4.69, 9.17) is 11.0 Å². The van der Waals surface area contributed by atoms with Crippen molar-refractivity contribution in [3.8, 4) is 6.07 Å². The fourth-order valence-electron chi connectivity index (χ4n) is 2.48. The SMILES string of the molecule is CC(C)CC(=O)N1CCC(Nc2ncc(C#N)c(N)n2)CC1. The Morgan fingerprint density at radius 1 is 1.55 bits per heavy atom. The largest absolute Gasteiger partial charge is 0.382 e. The third kappa shape index (κ3) is 4.07. The van der Waals surface area contributed by atoms with Gasteiger partial charge in [0.05, 0.1) is 6.20 Å². The third-order valence-corrected chi connectivity index (χ3v) is 3.70. The summed E-state index contributed by atoms with van der Waals surface area (Å²) in [6.45, 7) is 5.60. The highest BCUT2D eigenvalue weighted by Crippen LogP contribution is 2.17. The summed E-state index contributed by atoms with van der Waals surface area (Å²) in [5, 5.41) is 12.0. The number of anilines is 2. The molecule has 1 aromatic rings. The number of likely N-dealkylation sites (tertiary alicyclic amines) is 1. The number of piperidine rings is 1. The van der Waals surface area contributed by atoms with Gasteiger partial charge in [-0.2, -0.15) is 10.2 Å². The highest BCUT2D eigenvalue weighted by Gasteiger charge is 2.23. The second-order valence-corrected chi connectivity index (χ2v) is 6.00. The highest BCUT2D eigenvalue weighted by molar-refractivity contribution is 5.76. The molecule has 0 bridgehead atoms. The maximum absolute atomic E-state index is 12.0. The van der Waals surface area contributed by atoms with Crippen molar-refractivity contribution in [3.05, 3.63) is 11.8 Å². The number of nitrogens with two attached hydrogens (primary N) is 1. The molecule has 0 spiro atoms.